The predicted octanol–water partition coefficient (Wildman–Crippen LogP) is 3.31. The van der Waals surface area contributed by atoms with Crippen LogP contribution in [-0.2, 0) is 11.2 Å². The Labute approximate surface area is 110 Å². The molecule has 1 aliphatic rings. The van der Waals surface area contributed by atoms with Crippen molar-refractivity contribution < 1.29 is 4.79 Å². The molecule has 1 aromatic carbocycles. The Balaban J connectivity index is 1.81. The van der Waals surface area contributed by atoms with E-state index in [0.29, 0.717) is 6.04 Å². The minimum Gasteiger partial charge on any atom is -0.353 e. The molecule has 0 spiro atoms. The third kappa shape index (κ3) is 3.86. The van der Waals surface area contributed by atoms with Gasteiger partial charge in [-0.25, -0.2) is 0 Å². The number of carbonyl (C=O) groups excluding carboxylic acids is 1. The van der Waals surface area contributed by atoms with Crippen LogP contribution >= 0.6 is 0 Å². The van der Waals surface area contributed by atoms with Gasteiger partial charge in [-0.3, -0.25) is 4.79 Å². The molecule has 0 aliphatic heterocycles. The number of amides is 1. The van der Waals surface area contributed by atoms with Crippen LogP contribution in [0.3, 0.4) is 0 Å². The van der Waals surface area contributed by atoms with Gasteiger partial charge in [0.05, 0.1) is 0 Å². The Morgan fingerprint density at radius 1 is 1.22 bits per heavy atom. The number of hydrogen-bond acceptors (Lipinski definition) is 1. The van der Waals surface area contributed by atoms with Gasteiger partial charge >= 0.3 is 0 Å². The lowest BCUT2D eigenvalue weighted by atomic mass is 9.94. The standard InChI is InChI=1S/C16H23NO/c1-13(12-14-8-4-2-5-9-14)16(18)17-15-10-6-3-7-11-15/h2,4-5,8-9,13,15H,3,6-7,10-12H2,1H3,(H,17,18). The molecule has 1 atom stereocenters. The van der Waals surface area contributed by atoms with E-state index in [4.69, 9.17) is 0 Å². The molecule has 0 heterocycles. The van der Waals surface area contributed by atoms with Gasteiger partial charge in [-0.2, -0.15) is 0 Å². The average molecular weight is 245 g/mol. The largest absolute Gasteiger partial charge is 0.353 e. The van der Waals surface area contributed by atoms with E-state index < -0.39 is 0 Å². The summed E-state index contributed by atoms with van der Waals surface area (Å²) in [6.45, 7) is 2.02. The second-order valence-corrected chi connectivity index (χ2v) is 5.43. The molecule has 1 amide bonds. The van der Waals surface area contributed by atoms with Crippen LogP contribution in [0.1, 0.15) is 44.6 Å². The van der Waals surface area contributed by atoms with Crippen molar-refractivity contribution in [2.24, 2.45) is 5.92 Å². The van der Waals surface area contributed by atoms with E-state index >= 15 is 0 Å². The highest BCUT2D eigenvalue weighted by Gasteiger charge is 2.19. The van der Waals surface area contributed by atoms with Gasteiger partial charge in [0.1, 0.15) is 0 Å². The van der Waals surface area contributed by atoms with Crippen molar-refractivity contribution in [1.29, 1.82) is 0 Å². The van der Waals surface area contributed by atoms with Crippen molar-refractivity contribution in [3.05, 3.63) is 35.9 Å². The zero-order valence-corrected chi connectivity index (χ0v) is 11.2. The SMILES string of the molecule is CC(Cc1ccccc1)C(=O)NC1CCCCC1. The molecule has 0 radical (unpaired) electrons. The van der Waals surface area contributed by atoms with Crippen LogP contribution in [0, 0.1) is 5.92 Å². The summed E-state index contributed by atoms with van der Waals surface area (Å²) in [5.74, 6) is 0.278. The van der Waals surface area contributed by atoms with Crippen molar-refractivity contribution in [2.45, 2.75) is 51.5 Å². The summed E-state index contributed by atoms with van der Waals surface area (Å²) < 4.78 is 0. The second-order valence-electron chi connectivity index (χ2n) is 5.43. The molecule has 98 valence electrons. The van der Waals surface area contributed by atoms with E-state index in [1.807, 2.05) is 25.1 Å². The maximum absolute atomic E-state index is 12.1. The zero-order valence-electron chi connectivity index (χ0n) is 11.2. The number of carbonyl (C=O) groups is 1. The van der Waals surface area contributed by atoms with Crippen molar-refractivity contribution in [2.75, 3.05) is 0 Å². The lowest BCUT2D eigenvalue weighted by Gasteiger charge is -2.24. The van der Waals surface area contributed by atoms with E-state index in [2.05, 4.69) is 17.4 Å². The summed E-state index contributed by atoms with van der Waals surface area (Å²) in [6, 6.07) is 10.7. The van der Waals surface area contributed by atoms with E-state index in [0.717, 1.165) is 19.3 Å². The topological polar surface area (TPSA) is 29.1 Å². The fourth-order valence-corrected chi connectivity index (χ4v) is 2.65. The van der Waals surface area contributed by atoms with Gasteiger partial charge in [-0.05, 0) is 24.8 Å². The van der Waals surface area contributed by atoms with Crippen LogP contribution in [0.15, 0.2) is 30.3 Å². The first-order chi connectivity index (χ1) is 8.75. The number of hydrogen-bond donors (Lipinski definition) is 1. The molecule has 18 heavy (non-hydrogen) atoms. The Kier molecular flexibility index (Phi) is 4.80. The third-order valence-electron chi connectivity index (χ3n) is 3.78. The first-order valence-corrected chi connectivity index (χ1v) is 7.10. The van der Waals surface area contributed by atoms with Gasteiger partial charge in [0.25, 0.3) is 0 Å². The number of benzene rings is 1. The highest BCUT2D eigenvalue weighted by Crippen LogP contribution is 2.18. The molecular formula is C16H23NO. The molecule has 0 bridgehead atoms. The highest BCUT2D eigenvalue weighted by molar-refractivity contribution is 5.78. The first kappa shape index (κ1) is 13.1. The van der Waals surface area contributed by atoms with Gasteiger partial charge in [0.15, 0.2) is 0 Å². The van der Waals surface area contributed by atoms with Crippen LogP contribution in [0.5, 0.6) is 0 Å². The summed E-state index contributed by atoms with van der Waals surface area (Å²) in [5, 5.41) is 3.20. The van der Waals surface area contributed by atoms with Crippen molar-refractivity contribution in [3.8, 4) is 0 Å². The molecule has 0 aromatic heterocycles. The molecule has 2 heteroatoms. The van der Waals surface area contributed by atoms with Gasteiger partial charge in [-0.1, -0.05) is 56.5 Å². The van der Waals surface area contributed by atoms with Crippen LogP contribution < -0.4 is 5.32 Å². The first-order valence-electron chi connectivity index (χ1n) is 7.10. The molecule has 1 saturated carbocycles. The Morgan fingerprint density at radius 3 is 2.56 bits per heavy atom. The Hall–Kier alpha value is -1.31. The summed E-state index contributed by atoms with van der Waals surface area (Å²) in [6.07, 6.45) is 6.99. The maximum Gasteiger partial charge on any atom is 0.223 e. The summed E-state index contributed by atoms with van der Waals surface area (Å²) in [4.78, 5) is 12.1. The van der Waals surface area contributed by atoms with Crippen LogP contribution in [-0.4, -0.2) is 11.9 Å². The molecule has 2 rings (SSSR count). The average Bonchev–Trinajstić information content (AvgIpc) is 2.41. The molecule has 2 nitrogen and oxygen atoms in total. The second kappa shape index (κ2) is 6.58. The van der Waals surface area contributed by atoms with Gasteiger partial charge in [0.2, 0.25) is 5.91 Å². The predicted molar refractivity (Wildman–Crippen MR) is 74.3 cm³/mol. The molecule has 1 unspecified atom stereocenters. The summed E-state index contributed by atoms with van der Waals surface area (Å²) in [5.41, 5.74) is 1.24. The lowest BCUT2D eigenvalue weighted by molar-refractivity contribution is -0.125. The fraction of sp³-hybridized carbons (Fsp3) is 0.562. The molecule has 1 aromatic rings. The lowest BCUT2D eigenvalue weighted by Crippen LogP contribution is -2.39. The van der Waals surface area contributed by atoms with E-state index in [9.17, 15) is 4.79 Å². The van der Waals surface area contributed by atoms with E-state index in [-0.39, 0.29) is 11.8 Å². The maximum atomic E-state index is 12.1. The van der Waals surface area contributed by atoms with E-state index in [1.165, 1.54) is 24.8 Å². The zero-order chi connectivity index (χ0) is 12.8. The van der Waals surface area contributed by atoms with Gasteiger partial charge in [-0.15, -0.1) is 0 Å². The molecule has 1 N–H and O–H groups in total. The van der Waals surface area contributed by atoms with Crippen LogP contribution in [0.4, 0.5) is 0 Å². The van der Waals surface area contributed by atoms with E-state index in [1.54, 1.807) is 0 Å². The monoisotopic (exact) mass is 245 g/mol. The third-order valence-corrected chi connectivity index (χ3v) is 3.78. The van der Waals surface area contributed by atoms with Gasteiger partial charge < -0.3 is 5.32 Å². The normalized spacial score (nSPS) is 18.3. The van der Waals surface area contributed by atoms with Crippen LogP contribution in [0.25, 0.3) is 0 Å². The number of nitrogens with one attached hydrogen (secondary N) is 1. The number of rotatable bonds is 4. The van der Waals surface area contributed by atoms with Crippen molar-refractivity contribution in [1.82, 2.24) is 5.32 Å². The highest BCUT2D eigenvalue weighted by atomic mass is 16.1. The Morgan fingerprint density at radius 2 is 1.89 bits per heavy atom. The van der Waals surface area contributed by atoms with Crippen molar-refractivity contribution in [3.63, 3.8) is 0 Å². The van der Waals surface area contributed by atoms with Crippen LogP contribution in [0.2, 0.25) is 0 Å². The quantitative estimate of drug-likeness (QED) is 0.866. The summed E-state index contributed by atoms with van der Waals surface area (Å²) in [7, 11) is 0. The fourth-order valence-electron chi connectivity index (χ4n) is 2.65. The van der Waals surface area contributed by atoms with Crippen molar-refractivity contribution >= 4 is 5.91 Å². The molecular weight excluding hydrogens is 222 g/mol. The van der Waals surface area contributed by atoms with Gasteiger partial charge in [0, 0.05) is 12.0 Å². The molecule has 1 aliphatic carbocycles. The minimum absolute atomic E-state index is 0.0642. The minimum atomic E-state index is 0.0642. The smallest absolute Gasteiger partial charge is 0.223 e. The summed E-state index contributed by atoms with van der Waals surface area (Å²) >= 11 is 0. The molecule has 0 saturated heterocycles. The molecule has 1 fully saturated rings. The Bertz CT molecular complexity index is 368.